The molecule has 1 saturated carbocycles. The van der Waals surface area contributed by atoms with Gasteiger partial charge in [-0.05, 0) is 50.6 Å². The average Bonchev–Trinajstić information content (AvgIpc) is 2.91. The van der Waals surface area contributed by atoms with Gasteiger partial charge in [0.15, 0.2) is 0 Å². The Morgan fingerprint density at radius 2 is 1.95 bits per heavy atom. The lowest BCUT2D eigenvalue weighted by molar-refractivity contribution is -0.128. The van der Waals surface area contributed by atoms with Gasteiger partial charge in [0, 0.05) is 13.2 Å². The van der Waals surface area contributed by atoms with Crippen molar-refractivity contribution in [2.24, 2.45) is 11.8 Å². The van der Waals surface area contributed by atoms with Gasteiger partial charge in [-0.1, -0.05) is 6.42 Å². The van der Waals surface area contributed by atoms with E-state index in [-0.39, 0.29) is 25.2 Å². The number of carbonyl (C=O) groups excluding carboxylic acids is 1. The average molecular weight is 270 g/mol. The molecule has 1 heterocycles. The van der Waals surface area contributed by atoms with Gasteiger partial charge in [-0.3, -0.25) is 4.79 Å². The minimum Gasteiger partial charge on any atom is -0.396 e. The van der Waals surface area contributed by atoms with Crippen molar-refractivity contribution in [2.75, 3.05) is 32.8 Å². The molecule has 2 fully saturated rings. The quantitative estimate of drug-likeness (QED) is 0.648. The fourth-order valence-corrected chi connectivity index (χ4v) is 3.07. The Bertz CT molecular complexity index is 280. The molecule has 0 aromatic heterocycles. The molecule has 110 valence electrons. The van der Waals surface area contributed by atoms with Gasteiger partial charge in [-0.2, -0.15) is 0 Å². The molecular weight excluding hydrogens is 244 g/mol. The summed E-state index contributed by atoms with van der Waals surface area (Å²) in [4.78, 5) is 11.7. The zero-order valence-electron chi connectivity index (χ0n) is 11.6. The number of hydrogen-bond donors (Lipinski definition) is 3. The molecule has 2 unspecified atom stereocenters. The van der Waals surface area contributed by atoms with Crippen molar-refractivity contribution >= 4 is 5.91 Å². The van der Waals surface area contributed by atoms with E-state index in [4.69, 9.17) is 4.74 Å². The molecule has 19 heavy (non-hydrogen) atoms. The Morgan fingerprint density at radius 3 is 2.68 bits per heavy atom. The van der Waals surface area contributed by atoms with Crippen molar-refractivity contribution in [3.05, 3.63) is 0 Å². The molecule has 2 rings (SSSR count). The van der Waals surface area contributed by atoms with E-state index >= 15 is 0 Å². The Labute approximate surface area is 115 Å². The smallest absolute Gasteiger partial charge is 0.246 e. The number of nitrogens with one attached hydrogen (secondary N) is 2. The molecule has 0 aromatic carbocycles. The first kappa shape index (κ1) is 14.8. The number of hydrogen-bond acceptors (Lipinski definition) is 4. The first-order valence-corrected chi connectivity index (χ1v) is 7.49. The molecule has 2 aliphatic rings. The highest BCUT2D eigenvalue weighted by Gasteiger charge is 2.26. The molecule has 1 aliphatic carbocycles. The summed E-state index contributed by atoms with van der Waals surface area (Å²) in [5.74, 6) is 0.778. The first-order chi connectivity index (χ1) is 9.29. The van der Waals surface area contributed by atoms with Gasteiger partial charge in [0.2, 0.25) is 5.91 Å². The van der Waals surface area contributed by atoms with Crippen LogP contribution in [-0.4, -0.2) is 50.0 Å². The third-order valence-electron chi connectivity index (χ3n) is 4.35. The number of aliphatic hydroxyl groups excluding tert-OH is 1. The van der Waals surface area contributed by atoms with E-state index in [0.29, 0.717) is 18.4 Å². The van der Waals surface area contributed by atoms with Crippen molar-refractivity contribution < 1.29 is 14.6 Å². The molecule has 3 N–H and O–H groups in total. The molecule has 1 aliphatic heterocycles. The van der Waals surface area contributed by atoms with Gasteiger partial charge in [-0.25, -0.2) is 0 Å². The SMILES string of the molecule is O=C(COC1CCNCC1)NCC1CCCC1CO. The summed E-state index contributed by atoms with van der Waals surface area (Å²) in [6.45, 7) is 3.05. The standard InChI is InChI=1S/C14H26N2O3/c17-9-12-3-1-2-11(12)8-16-14(18)10-19-13-4-6-15-7-5-13/h11-13,15,17H,1-10H2,(H,16,18). The molecule has 2 atom stereocenters. The summed E-state index contributed by atoms with van der Waals surface area (Å²) in [5, 5.41) is 15.4. The molecular formula is C14H26N2O3. The predicted molar refractivity (Wildman–Crippen MR) is 72.8 cm³/mol. The zero-order valence-corrected chi connectivity index (χ0v) is 11.6. The van der Waals surface area contributed by atoms with Crippen molar-refractivity contribution in [3.8, 4) is 0 Å². The van der Waals surface area contributed by atoms with Gasteiger partial charge < -0.3 is 20.5 Å². The fourth-order valence-electron chi connectivity index (χ4n) is 3.07. The second-order valence-corrected chi connectivity index (χ2v) is 5.70. The molecule has 1 saturated heterocycles. The van der Waals surface area contributed by atoms with Crippen LogP contribution in [0.15, 0.2) is 0 Å². The number of rotatable bonds is 6. The van der Waals surface area contributed by atoms with Crippen LogP contribution in [0, 0.1) is 11.8 Å². The molecule has 5 heteroatoms. The first-order valence-electron chi connectivity index (χ1n) is 7.49. The van der Waals surface area contributed by atoms with E-state index in [1.165, 1.54) is 0 Å². The maximum atomic E-state index is 11.7. The summed E-state index contributed by atoms with van der Waals surface area (Å²) in [7, 11) is 0. The van der Waals surface area contributed by atoms with E-state index in [9.17, 15) is 9.90 Å². The van der Waals surface area contributed by atoms with Crippen LogP contribution in [0.25, 0.3) is 0 Å². The van der Waals surface area contributed by atoms with Crippen LogP contribution >= 0.6 is 0 Å². The minimum atomic E-state index is -0.0258. The number of aliphatic hydroxyl groups is 1. The van der Waals surface area contributed by atoms with Crippen LogP contribution in [0.2, 0.25) is 0 Å². The van der Waals surface area contributed by atoms with Crippen LogP contribution in [0.4, 0.5) is 0 Å². The van der Waals surface area contributed by atoms with Crippen molar-refractivity contribution in [3.63, 3.8) is 0 Å². The zero-order chi connectivity index (χ0) is 13.5. The monoisotopic (exact) mass is 270 g/mol. The maximum absolute atomic E-state index is 11.7. The lowest BCUT2D eigenvalue weighted by Crippen LogP contribution is -2.37. The van der Waals surface area contributed by atoms with Gasteiger partial charge in [0.25, 0.3) is 0 Å². The number of carbonyl (C=O) groups is 1. The van der Waals surface area contributed by atoms with Crippen molar-refractivity contribution in [1.82, 2.24) is 10.6 Å². The lowest BCUT2D eigenvalue weighted by atomic mass is 9.97. The summed E-state index contributed by atoms with van der Waals surface area (Å²) in [5.41, 5.74) is 0. The van der Waals surface area contributed by atoms with E-state index in [2.05, 4.69) is 10.6 Å². The molecule has 5 nitrogen and oxygen atoms in total. The van der Waals surface area contributed by atoms with Crippen LogP contribution in [0.3, 0.4) is 0 Å². The molecule has 0 spiro atoms. The minimum absolute atomic E-state index is 0.0258. The van der Waals surface area contributed by atoms with Gasteiger partial charge >= 0.3 is 0 Å². The fraction of sp³-hybridized carbons (Fsp3) is 0.929. The number of piperidine rings is 1. The topological polar surface area (TPSA) is 70.6 Å². The maximum Gasteiger partial charge on any atom is 0.246 e. The normalized spacial score (nSPS) is 28.5. The van der Waals surface area contributed by atoms with Crippen LogP contribution in [-0.2, 0) is 9.53 Å². The summed E-state index contributed by atoms with van der Waals surface area (Å²) >= 11 is 0. The van der Waals surface area contributed by atoms with Crippen LogP contribution in [0.1, 0.15) is 32.1 Å². The van der Waals surface area contributed by atoms with Crippen molar-refractivity contribution in [1.29, 1.82) is 0 Å². The Kier molecular flexibility index (Phi) is 6.07. The Hall–Kier alpha value is -0.650. The van der Waals surface area contributed by atoms with Gasteiger partial charge in [0.1, 0.15) is 6.61 Å². The molecule has 1 amide bonds. The lowest BCUT2D eigenvalue weighted by Gasteiger charge is -2.23. The van der Waals surface area contributed by atoms with E-state index < -0.39 is 0 Å². The summed E-state index contributed by atoms with van der Waals surface area (Å²) < 4.78 is 5.61. The van der Waals surface area contributed by atoms with E-state index in [1.54, 1.807) is 0 Å². The molecule has 0 bridgehead atoms. The van der Waals surface area contributed by atoms with Crippen molar-refractivity contribution in [2.45, 2.75) is 38.2 Å². The number of ether oxygens (including phenoxy) is 1. The Balaban J connectivity index is 1.58. The molecule has 0 radical (unpaired) electrons. The second-order valence-electron chi connectivity index (χ2n) is 5.70. The van der Waals surface area contributed by atoms with E-state index in [1.807, 2.05) is 0 Å². The number of amides is 1. The second kappa shape index (κ2) is 7.82. The van der Waals surface area contributed by atoms with Gasteiger partial charge in [-0.15, -0.1) is 0 Å². The van der Waals surface area contributed by atoms with Crippen LogP contribution in [0.5, 0.6) is 0 Å². The third-order valence-corrected chi connectivity index (χ3v) is 4.35. The molecule has 0 aromatic rings. The largest absolute Gasteiger partial charge is 0.396 e. The third kappa shape index (κ3) is 4.75. The highest BCUT2D eigenvalue weighted by Crippen LogP contribution is 2.30. The predicted octanol–water partition coefficient (Wildman–Crippen LogP) is 0.280. The Morgan fingerprint density at radius 1 is 1.21 bits per heavy atom. The summed E-state index contributed by atoms with van der Waals surface area (Å²) in [6.07, 6.45) is 5.56. The van der Waals surface area contributed by atoms with Crippen LogP contribution < -0.4 is 10.6 Å². The highest BCUT2D eigenvalue weighted by molar-refractivity contribution is 5.77. The van der Waals surface area contributed by atoms with E-state index in [0.717, 1.165) is 45.2 Å². The highest BCUT2D eigenvalue weighted by atomic mass is 16.5. The van der Waals surface area contributed by atoms with Gasteiger partial charge in [0.05, 0.1) is 6.10 Å². The summed E-state index contributed by atoms with van der Waals surface area (Å²) in [6, 6.07) is 0.